The first kappa shape index (κ1) is 23.8. The van der Waals surface area contributed by atoms with Crippen LogP contribution in [0.2, 0.25) is 0 Å². The van der Waals surface area contributed by atoms with Crippen LogP contribution in [0.4, 0.5) is 15.8 Å². The van der Waals surface area contributed by atoms with E-state index in [0.717, 1.165) is 21.9 Å². The van der Waals surface area contributed by atoms with Crippen LogP contribution in [0, 0.1) is 5.82 Å². The molecule has 1 N–H and O–H groups in total. The van der Waals surface area contributed by atoms with Crippen molar-refractivity contribution in [1.29, 1.82) is 0 Å². The van der Waals surface area contributed by atoms with E-state index < -0.39 is 0 Å². The predicted octanol–water partition coefficient (Wildman–Crippen LogP) is 7.16. The van der Waals surface area contributed by atoms with Gasteiger partial charge in [-0.25, -0.2) is 4.39 Å². The fourth-order valence-corrected chi connectivity index (χ4v) is 3.87. The summed E-state index contributed by atoms with van der Waals surface area (Å²) in [7, 11) is 1.53. The lowest BCUT2D eigenvalue weighted by molar-refractivity contribution is 0.0996. The zero-order valence-electron chi connectivity index (χ0n) is 20.0. The normalized spacial score (nSPS) is 11.1. The van der Waals surface area contributed by atoms with Gasteiger partial charge in [-0.15, -0.1) is 0 Å². The van der Waals surface area contributed by atoms with Crippen molar-refractivity contribution in [3.05, 3.63) is 120 Å². The number of nitrogens with zero attached hydrogens (tertiary/aromatic N) is 1. The maximum atomic E-state index is 13.3. The van der Waals surface area contributed by atoms with Crippen molar-refractivity contribution in [2.24, 2.45) is 4.99 Å². The third kappa shape index (κ3) is 5.51. The molecule has 0 aliphatic heterocycles. The highest BCUT2D eigenvalue weighted by atomic mass is 19.1. The standard InChI is InChI=1S/C30H23FN2O4/c1-35-29-17-23(13-14-26(29)33-30(34)28-7-4-16-36-28)32-18-25-24-6-3-2-5-21(24)10-15-27(25)37-19-20-8-11-22(31)12-9-20/h2-18H,19H2,1H3,(H,33,34). The van der Waals surface area contributed by atoms with Crippen molar-refractivity contribution in [2.75, 3.05) is 12.4 Å². The van der Waals surface area contributed by atoms with E-state index >= 15 is 0 Å². The molecule has 37 heavy (non-hydrogen) atoms. The lowest BCUT2D eigenvalue weighted by atomic mass is 10.0. The summed E-state index contributed by atoms with van der Waals surface area (Å²) in [6.07, 6.45) is 3.19. The summed E-state index contributed by atoms with van der Waals surface area (Å²) < 4.78 is 30.0. The fourth-order valence-electron chi connectivity index (χ4n) is 3.87. The molecule has 0 fully saturated rings. The minimum atomic E-state index is -0.377. The van der Waals surface area contributed by atoms with Crippen LogP contribution in [0.15, 0.2) is 107 Å². The molecule has 4 aromatic carbocycles. The molecule has 0 aliphatic rings. The van der Waals surface area contributed by atoms with Crippen molar-refractivity contribution in [2.45, 2.75) is 6.61 Å². The zero-order valence-corrected chi connectivity index (χ0v) is 20.0. The van der Waals surface area contributed by atoms with Gasteiger partial charge in [0.2, 0.25) is 0 Å². The summed E-state index contributed by atoms with van der Waals surface area (Å²) in [4.78, 5) is 17.0. The van der Waals surface area contributed by atoms with Gasteiger partial charge in [-0.05, 0) is 58.8 Å². The molecule has 6 nitrogen and oxygen atoms in total. The molecule has 1 heterocycles. The number of nitrogens with one attached hydrogen (secondary N) is 1. The van der Waals surface area contributed by atoms with Crippen LogP contribution in [0.25, 0.3) is 10.8 Å². The molecule has 184 valence electrons. The third-order valence-electron chi connectivity index (χ3n) is 5.76. The van der Waals surface area contributed by atoms with Gasteiger partial charge < -0.3 is 19.2 Å². The summed E-state index contributed by atoms with van der Waals surface area (Å²) in [6.45, 7) is 0.289. The molecule has 0 aliphatic carbocycles. The Balaban J connectivity index is 1.42. The Morgan fingerprint density at radius 3 is 2.59 bits per heavy atom. The van der Waals surface area contributed by atoms with Crippen molar-refractivity contribution in [3.63, 3.8) is 0 Å². The predicted molar refractivity (Wildman–Crippen MR) is 142 cm³/mol. The van der Waals surface area contributed by atoms with Gasteiger partial charge in [0, 0.05) is 17.8 Å². The first-order chi connectivity index (χ1) is 18.1. The van der Waals surface area contributed by atoms with Gasteiger partial charge in [0.25, 0.3) is 5.91 Å². The number of anilines is 1. The first-order valence-electron chi connectivity index (χ1n) is 11.6. The van der Waals surface area contributed by atoms with E-state index in [2.05, 4.69) is 10.3 Å². The largest absolute Gasteiger partial charge is 0.494 e. The van der Waals surface area contributed by atoms with Gasteiger partial charge in [0.15, 0.2) is 5.76 Å². The highest BCUT2D eigenvalue weighted by molar-refractivity contribution is 6.04. The number of furan rings is 1. The number of halogens is 1. The van der Waals surface area contributed by atoms with Crippen LogP contribution < -0.4 is 14.8 Å². The summed E-state index contributed by atoms with van der Waals surface area (Å²) >= 11 is 0. The van der Waals surface area contributed by atoms with Gasteiger partial charge in [-0.1, -0.05) is 42.5 Å². The molecule has 0 saturated carbocycles. The van der Waals surface area contributed by atoms with Crippen LogP contribution in [0.5, 0.6) is 11.5 Å². The van der Waals surface area contributed by atoms with Crippen LogP contribution in [-0.2, 0) is 6.61 Å². The van der Waals surface area contributed by atoms with Crippen molar-refractivity contribution in [1.82, 2.24) is 0 Å². The molecular formula is C30H23FN2O4. The van der Waals surface area contributed by atoms with E-state index in [1.54, 1.807) is 48.7 Å². The summed E-state index contributed by atoms with van der Waals surface area (Å²) in [5.74, 6) is 0.650. The van der Waals surface area contributed by atoms with Gasteiger partial charge in [-0.3, -0.25) is 9.79 Å². The topological polar surface area (TPSA) is 73.1 Å². The Bertz CT molecular complexity index is 1560. The number of ether oxygens (including phenoxy) is 2. The molecule has 0 saturated heterocycles. The molecule has 0 unspecified atom stereocenters. The van der Waals surface area contributed by atoms with E-state index in [1.807, 2.05) is 36.4 Å². The number of carbonyl (C=O) groups is 1. The Kier molecular flexibility index (Phi) is 6.94. The molecule has 5 aromatic rings. The molecule has 1 aromatic heterocycles. The van der Waals surface area contributed by atoms with Crippen LogP contribution in [0.3, 0.4) is 0 Å². The second-order valence-electron chi connectivity index (χ2n) is 8.19. The molecule has 1 amide bonds. The number of aliphatic imine (C=N–C) groups is 1. The Hall–Kier alpha value is -4.91. The van der Waals surface area contributed by atoms with E-state index in [-0.39, 0.29) is 24.1 Å². The second-order valence-corrected chi connectivity index (χ2v) is 8.19. The van der Waals surface area contributed by atoms with E-state index in [4.69, 9.17) is 13.9 Å². The first-order valence-corrected chi connectivity index (χ1v) is 11.6. The molecule has 0 bridgehead atoms. The zero-order chi connectivity index (χ0) is 25.6. The highest BCUT2D eigenvalue weighted by Gasteiger charge is 2.13. The molecular weight excluding hydrogens is 471 g/mol. The number of carbonyl (C=O) groups excluding carboxylic acids is 1. The summed E-state index contributed by atoms with van der Waals surface area (Å²) in [5.41, 5.74) is 2.80. The average Bonchev–Trinajstić information content (AvgIpc) is 3.48. The van der Waals surface area contributed by atoms with Crippen LogP contribution in [-0.4, -0.2) is 19.2 Å². The number of amides is 1. The van der Waals surface area contributed by atoms with Gasteiger partial charge in [0.05, 0.1) is 24.7 Å². The molecule has 0 spiro atoms. The Morgan fingerprint density at radius 2 is 1.81 bits per heavy atom. The highest BCUT2D eigenvalue weighted by Crippen LogP contribution is 2.32. The van der Waals surface area contributed by atoms with Crippen LogP contribution >= 0.6 is 0 Å². The summed E-state index contributed by atoms with van der Waals surface area (Å²) in [6, 6.07) is 26.6. The molecule has 5 rings (SSSR count). The number of fused-ring (bicyclic) bond motifs is 1. The summed E-state index contributed by atoms with van der Waals surface area (Å²) in [5, 5.41) is 4.81. The number of hydrogen-bond acceptors (Lipinski definition) is 5. The fraction of sp³-hybridized carbons (Fsp3) is 0.0667. The Morgan fingerprint density at radius 1 is 0.973 bits per heavy atom. The SMILES string of the molecule is COc1cc(N=Cc2c(OCc3ccc(F)cc3)ccc3ccccc23)ccc1NC(=O)c1ccco1. The van der Waals surface area contributed by atoms with Crippen molar-refractivity contribution in [3.8, 4) is 11.5 Å². The van der Waals surface area contributed by atoms with Gasteiger partial charge in [0.1, 0.15) is 23.9 Å². The number of benzene rings is 4. The van der Waals surface area contributed by atoms with E-state index in [9.17, 15) is 9.18 Å². The molecule has 0 radical (unpaired) electrons. The third-order valence-corrected chi connectivity index (χ3v) is 5.76. The van der Waals surface area contributed by atoms with Crippen LogP contribution in [0.1, 0.15) is 21.7 Å². The van der Waals surface area contributed by atoms with Crippen molar-refractivity contribution < 1.29 is 23.1 Å². The maximum absolute atomic E-state index is 13.3. The molecule has 0 atom stereocenters. The minimum absolute atomic E-state index is 0.202. The lowest BCUT2D eigenvalue weighted by Gasteiger charge is -2.12. The molecule has 7 heteroatoms. The van der Waals surface area contributed by atoms with Gasteiger partial charge >= 0.3 is 0 Å². The van der Waals surface area contributed by atoms with E-state index in [1.165, 1.54) is 25.5 Å². The number of hydrogen-bond donors (Lipinski definition) is 1. The average molecular weight is 495 g/mol. The van der Waals surface area contributed by atoms with Crippen molar-refractivity contribution >= 4 is 34.3 Å². The monoisotopic (exact) mass is 494 g/mol. The smallest absolute Gasteiger partial charge is 0.291 e. The maximum Gasteiger partial charge on any atom is 0.291 e. The quantitative estimate of drug-likeness (QED) is 0.232. The Labute approximate surface area is 213 Å². The number of rotatable bonds is 8. The lowest BCUT2D eigenvalue weighted by Crippen LogP contribution is -2.11. The minimum Gasteiger partial charge on any atom is -0.494 e. The number of methoxy groups -OCH3 is 1. The van der Waals surface area contributed by atoms with Gasteiger partial charge in [-0.2, -0.15) is 0 Å². The second kappa shape index (κ2) is 10.8. The van der Waals surface area contributed by atoms with E-state index in [0.29, 0.717) is 22.9 Å².